The Hall–Kier alpha value is -5.04. The van der Waals surface area contributed by atoms with E-state index in [0.29, 0.717) is 5.56 Å². The number of aliphatic hydroxyl groups is 2. The van der Waals surface area contributed by atoms with Crippen LogP contribution in [-0.4, -0.2) is 67.8 Å². The molecule has 0 radical (unpaired) electrons. The first kappa shape index (κ1) is 27.5. The molecule has 0 spiro atoms. The van der Waals surface area contributed by atoms with Gasteiger partial charge in [-0.3, -0.25) is 4.79 Å². The smallest absolute Gasteiger partial charge is 0.331 e. The van der Waals surface area contributed by atoms with Crippen LogP contribution in [0.5, 0.6) is 28.7 Å². The van der Waals surface area contributed by atoms with E-state index in [1.165, 1.54) is 42.5 Å². The van der Waals surface area contributed by atoms with E-state index < -0.39 is 54.1 Å². The molecule has 0 saturated carbocycles. The van der Waals surface area contributed by atoms with Crippen molar-refractivity contribution in [2.45, 2.75) is 24.6 Å². The monoisotopic (exact) mass is 564 g/mol. The normalized spacial score (nSPS) is 20.7. The molecular weight excluding hydrogens is 540 g/mol. The van der Waals surface area contributed by atoms with Crippen molar-refractivity contribution in [2.75, 3.05) is 6.61 Å². The van der Waals surface area contributed by atoms with Gasteiger partial charge in [0, 0.05) is 23.8 Å². The summed E-state index contributed by atoms with van der Waals surface area (Å²) in [5.41, 5.74) is -0.244. The maximum Gasteiger partial charge on any atom is 0.331 e. The third-order valence-corrected chi connectivity index (χ3v) is 6.27. The van der Waals surface area contributed by atoms with E-state index in [4.69, 9.17) is 18.6 Å². The molecule has 0 amide bonds. The maximum absolute atomic E-state index is 13.6. The highest BCUT2D eigenvalue weighted by Gasteiger charge is 2.44. The number of fused-ring (bicyclic) bond motifs is 1. The molecule has 1 aliphatic heterocycles. The Morgan fingerprint density at radius 2 is 1.56 bits per heavy atom. The summed E-state index contributed by atoms with van der Waals surface area (Å²) in [6.45, 7) is -0.435. The van der Waals surface area contributed by atoms with E-state index in [2.05, 4.69) is 0 Å². The minimum absolute atomic E-state index is 0.0381. The lowest BCUT2D eigenvalue weighted by atomic mass is 10.0. The van der Waals surface area contributed by atoms with Gasteiger partial charge < -0.3 is 49.3 Å². The minimum atomic E-state index is -1.67. The first-order valence-corrected chi connectivity index (χ1v) is 12.2. The summed E-state index contributed by atoms with van der Waals surface area (Å²) in [6.07, 6.45) is -3.92. The third kappa shape index (κ3) is 5.79. The number of hydrogen-bond donors (Lipinski definition) is 6. The number of hydrogen-bond acceptors (Lipinski definition) is 12. The SMILES string of the molecule is O=C(C=Cc1ccc(O)cc1)OC1C(Oc2c(-c3ccc(O)cc3)oc3cc(O)cc(O)c3c2=O)OCC(O)C1O. The van der Waals surface area contributed by atoms with Crippen LogP contribution < -0.4 is 10.2 Å². The molecule has 1 fully saturated rings. The van der Waals surface area contributed by atoms with Crippen molar-refractivity contribution < 1.29 is 54.1 Å². The van der Waals surface area contributed by atoms with E-state index in [0.717, 1.165) is 18.2 Å². The topological polar surface area (TPSA) is 196 Å². The summed E-state index contributed by atoms with van der Waals surface area (Å²) in [5.74, 6) is -2.63. The number of benzene rings is 3. The Kier molecular flexibility index (Phi) is 7.53. The van der Waals surface area contributed by atoms with Crippen molar-refractivity contribution in [3.63, 3.8) is 0 Å². The van der Waals surface area contributed by atoms with Crippen molar-refractivity contribution >= 4 is 23.0 Å². The molecule has 12 nitrogen and oxygen atoms in total. The molecule has 4 aromatic rings. The van der Waals surface area contributed by atoms with Gasteiger partial charge in [0.25, 0.3) is 0 Å². The van der Waals surface area contributed by atoms with Crippen LogP contribution in [0.1, 0.15) is 5.56 Å². The van der Waals surface area contributed by atoms with Crippen molar-refractivity contribution in [1.29, 1.82) is 0 Å². The summed E-state index contributed by atoms with van der Waals surface area (Å²) in [7, 11) is 0. The maximum atomic E-state index is 13.6. The number of phenols is 4. The van der Waals surface area contributed by atoms with Crippen LogP contribution in [0.25, 0.3) is 28.4 Å². The molecule has 3 aromatic carbocycles. The Morgan fingerprint density at radius 3 is 2.24 bits per heavy atom. The van der Waals surface area contributed by atoms with Crippen LogP contribution in [0.3, 0.4) is 0 Å². The van der Waals surface area contributed by atoms with Gasteiger partial charge in [0.1, 0.15) is 46.2 Å². The summed E-state index contributed by atoms with van der Waals surface area (Å²) in [5, 5.41) is 59.9. The molecule has 1 aliphatic rings. The molecule has 1 aromatic heterocycles. The molecule has 5 rings (SSSR count). The van der Waals surface area contributed by atoms with E-state index in [1.807, 2.05) is 0 Å². The predicted molar refractivity (Wildman–Crippen MR) is 142 cm³/mol. The number of aliphatic hydroxyl groups excluding tert-OH is 2. The second-order valence-electron chi connectivity index (χ2n) is 9.18. The van der Waals surface area contributed by atoms with Crippen LogP contribution in [0.15, 0.2) is 76.0 Å². The van der Waals surface area contributed by atoms with Crippen LogP contribution in [0, 0.1) is 0 Å². The summed E-state index contributed by atoms with van der Waals surface area (Å²) in [4.78, 5) is 26.2. The standard InChI is InChI=1S/C29H24O12/c30-16-6-1-14(2-7-16)3-10-22(35)40-28-24(36)20(34)13-38-29(28)41-27-25(37)23-19(33)11-18(32)12-21(23)39-26(27)15-4-8-17(31)9-5-15/h1-12,20,24,28-34,36H,13H2. The highest BCUT2D eigenvalue weighted by atomic mass is 16.7. The van der Waals surface area contributed by atoms with Gasteiger partial charge in [-0.1, -0.05) is 12.1 Å². The summed E-state index contributed by atoms with van der Waals surface area (Å²) >= 11 is 0. The Bertz CT molecular complexity index is 1660. The number of rotatable bonds is 6. The van der Waals surface area contributed by atoms with Gasteiger partial charge in [-0.2, -0.15) is 0 Å². The Balaban J connectivity index is 1.52. The summed E-state index contributed by atoms with van der Waals surface area (Å²) < 4.78 is 22.5. The fourth-order valence-corrected chi connectivity index (χ4v) is 4.21. The van der Waals surface area contributed by atoms with Crippen molar-refractivity contribution in [3.8, 4) is 40.1 Å². The predicted octanol–water partition coefficient (Wildman–Crippen LogP) is 2.36. The second-order valence-corrected chi connectivity index (χ2v) is 9.18. The Morgan fingerprint density at radius 1 is 0.902 bits per heavy atom. The summed E-state index contributed by atoms with van der Waals surface area (Å²) in [6, 6.07) is 13.5. The highest BCUT2D eigenvalue weighted by Crippen LogP contribution is 2.37. The van der Waals surface area contributed by atoms with E-state index in [9.17, 15) is 40.2 Å². The van der Waals surface area contributed by atoms with Gasteiger partial charge in [0.2, 0.25) is 17.5 Å². The van der Waals surface area contributed by atoms with Crippen molar-refractivity contribution in [2.24, 2.45) is 0 Å². The van der Waals surface area contributed by atoms with Crippen LogP contribution in [0.4, 0.5) is 0 Å². The van der Waals surface area contributed by atoms with Crippen LogP contribution in [0.2, 0.25) is 0 Å². The fourth-order valence-electron chi connectivity index (χ4n) is 4.21. The van der Waals surface area contributed by atoms with Gasteiger partial charge >= 0.3 is 5.97 Å². The van der Waals surface area contributed by atoms with Crippen molar-refractivity contribution in [1.82, 2.24) is 0 Å². The van der Waals surface area contributed by atoms with E-state index in [1.54, 1.807) is 12.1 Å². The lowest BCUT2D eigenvalue weighted by molar-refractivity contribution is -0.249. The highest BCUT2D eigenvalue weighted by molar-refractivity contribution is 5.88. The van der Waals surface area contributed by atoms with Gasteiger partial charge in [-0.25, -0.2) is 4.79 Å². The molecule has 0 bridgehead atoms. The zero-order chi connectivity index (χ0) is 29.3. The molecule has 41 heavy (non-hydrogen) atoms. The van der Waals surface area contributed by atoms with E-state index >= 15 is 0 Å². The zero-order valence-corrected chi connectivity index (χ0v) is 21.1. The lowest BCUT2D eigenvalue weighted by Gasteiger charge is -2.37. The number of esters is 1. The fraction of sp³-hybridized carbons (Fsp3) is 0.172. The second kappa shape index (κ2) is 11.2. The van der Waals surface area contributed by atoms with Gasteiger partial charge in [-0.05, 0) is 48.0 Å². The van der Waals surface area contributed by atoms with E-state index in [-0.39, 0.29) is 39.5 Å². The third-order valence-electron chi connectivity index (χ3n) is 6.27. The number of aromatic hydroxyl groups is 4. The molecule has 0 aliphatic carbocycles. The van der Waals surface area contributed by atoms with Crippen LogP contribution in [-0.2, 0) is 14.3 Å². The molecule has 12 heteroatoms. The molecule has 6 N–H and O–H groups in total. The first-order chi connectivity index (χ1) is 19.6. The zero-order valence-electron chi connectivity index (χ0n) is 21.1. The van der Waals surface area contributed by atoms with Crippen molar-refractivity contribution in [3.05, 3.63) is 82.5 Å². The Labute approximate surface area is 231 Å². The average Bonchev–Trinajstić information content (AvgIpc) is 2.93. The molecular formula is C29H24O12. The number of ether oxygens (including phenoxy) is 3. The quantitative estimate of drug-likeness (QED) is 0.148. The molecule has 212 valence electrons. The average molecular weight is 564 g/mol. The van der Waals surface area contributed by atoms with Crippen LogP contribution >= 0.6 is 0 Å². The van der Waals surface area contributed by atoms with Gasteiger partial charge in [0.15, 0.2) is 11.9 Å². The first-order valence-electron chi connectivity index (χ1n) is 12.2. The molecule has 4 unspecified atom stereocenters. The number of carbonyl (C=O) groups is 1. The lowest BCUT2D eigenvalue weighted by Crippen LogP contribution is -2.56. The minimum Gasteiger partial charge on any atom is -0.508 e. The largest absolute Gasteiger partial charge is 0.508 e. The number of phenolic OH excluding ortho intramolecular Hbond substituents is 4. The molecule has 4 atom stereocenters. The van der Waals surface area contributed by atoms with Gasteiger partial charge in [0.05, 0.1) is 6.61 Å². The number of carbonyl (C=O) groups excluding carboxylic acids is 1. The van der Waals surface area contributed by atoms with Gasteiger partial charge in [-0.15, -0.1) is 0 Å². The molecule has 1 saturated heterocycles. The molecule has 2 heterocycles.